The van der Waals surface area contributed by atoms with Crippen molar-refractivity contribution < 1.29 is 17.5 Å². The predicted octanol–water partition coefficient (Wildman–Crippen LogP) is 1.91. The Labute approximate surface area is 101 Å². The van der Waals surface area contributed by atoms with Crippen LogP contribution in [0.4, 0.5) is 4.39 Å². The molecule has 4 nitrogen and oxygen atoms in total. The minimum Gasteiger partial charge on any atom is -0.495 e. The van der Waals surface area contributed by atoms with E-state index in [4.69, 9.17) is 4.74 Å². The molecule has 0 aromatic heterocycles. The van der Waals surface area contributed by atoms with Crippen LogP contribution in [0.2, 0.25) is 0 Å². The van der Waals surface area contributed by atoms with Gasteiger partial charge in [0, 0.05) is 6.54 Å². The van der Waals surface area contributed by atoms with Crippen LogP contribution < -0.4 is 9.46 Å². The number of halogens is 1. The molecule has 0 heterocycles. The van der Waals surface area contributed by atoms with Gasteiger partial charge in [-0.3, -0.25) is 0 Å². The van der Waals surface area contributed by atoms with E-state index in [9.17, 15) is 12.8 Å². The maximum absolute atomic E-state index is 13.1. The van der Waals surface area contributed by atoms with Gasteiger partial charge >= 0.3 is 0 Å². The van der Waals surface area contributed by atoms with Crippen LogP contribution in [0.15, 0.2) is 23.1 Å². The van der Waals surface area contributed by atoms with Gasteiger partial charge in [-0.15, -0.1) is 0 Å². The van der Waals surface area contributed by atoms with Crippen molar-refractivity contribution >= 4 is 10.0 Å². The fraction of sp³-hybridized carbons (Fsp3) is 0.455. The van der Waals surface area contributed by atoms with Gasteiger partial charge in [-0.05, 0) is 24.6 Å². The van der Waals surface area contributed by atoms with Gasteiger partial charge in [-0.2, -0.15) is 0 Å². The molecule has 0 bridgehead atoms. The first-order valence-corrected chi connectivity index (χ1v) is 6.82. The van der Waals surface area contributed by atoms with Gasteiger partial charge in [-0.1, -0.05) is 13.3 Å². The summed E-state index contributed by atoms with van der Waals surface area (Å²) < 4.78 is 44.1. The molecule has 0 fully saturated rings. The molecule has 0 radical (unpaired) electrons. The Morgan fingerprint density at radius 3 is 2.71 bits per heavy atom. The van der Waals surface area contributed by atoms with Crippen molar-refractivity contribution in [1.82, 2.24) is 4.72 Å². The van der Waals surface area contributed by atoms with Gasteiger partial charge in [-0.25, -0.2) is 17.5 Å². The summed E-state index contributed by atoms with van der Waals surface area (Å²) in [7, 11) is -2.37. The average Bonchev–Trinajstić information content (AvgIpc) is 2.29. The molecule has 0 amide bonds. The maximum atomic E-state index is 13.1. The van der Waals surface area contributed by atoms with Crippen LogP contribution in [0.3, 0.4) is 0 Å². The van der Waals surface area contributed by atoms with E-state index < -0.39 is 15.8 Å². The Kier molecular flexibility index (Phi) is 4.89. The molecular weight excluding hydrogens is 245 g/mol. The summed E-state index contributed by atoms with van der Waals surface area (Å²) in [6.07, 6.45) is 1.61. The number of hydrogen-bond donors (Lipinski definition) is 1. The van der Waals surface area contributed by atoms with E-state index in [2.05, 4.69) is 4.72 Å². The summed E-state index contributed by atoms with van der Waals surface area (Å²) in [5.74, 6) is -0.475. The third-order valence-electron chi connectivity index (χ3n) is 2.24. The van der Waals surface area contributed by atoms with Crippen LogP contribution in [-0.2, 0) is 10.0 Å². The second-order valence-electron chi connectivity index (χ2n) is 3.55. The zero-order chi connectivity index (χ0) is 12.9. The first-order chi connectivity index (χ1) is 8.01. The van der Waals surface area contributed by atoms with Gasteiger partial charge in [0.05, 0.1) is 7.11 Å². The number of methoxy groups -OCH3 is 1. The lowest BCUT2D eigenvalue weighted by Crippen LogP contribution is -2.25. The monoisotopic (exact) mass is 261 g/mol. The molecule has 1 aromatic carbocycles. The minimum atomic E-state index is -3.71. The highest BCUT2D eigenvalue weighted by Gasteiger charge is 2.19. The van der Waals surface area contributed by atoms with E-state index in [0.29, 0.717) is 6.54 Å². The highest BCUT2D eigenvalue weighted by Crippen LogP contribution is 2.24. The molecule has 96 valence electrons. The van der Waals surface area contributed by atoms with Gasteiger partial charge in [0.25, 0.3) is 0 Å². The molecule has 1 N–H and O–H groups in total. The molecule has 1 aromatic rings. The molecule has 0 aliphatic rings. The van der Waals surface area contributed by atoms with Crippen LogP contribution in [0, 0.1) is 5.82 Å². The third-order valence-corrected chi connectivity index (χ3v) is 3.72. The highest BCUT2D eigenvalue weighted by molar-refractivity contribution is 7.89. The van der Waals surface area contributed by atoms with Crippen molar-refractivity contribution in [3.63, 3.8) is 0 Å². The van der Waals surface area contributed by atoms with Gasteiger partial charge in [0.15, 0.2) is 0 Å². The van der Waals surface area contributed by atoms with Gasteiger partial charge < -0.3 is 4.74 Å². The molecular formula is C11H16FNO3S. The molecule has 1 rings (SSSR count). The van der Waals surface area contributed by atoms with Crippen molar-refractivity contribution in [2.75, 3.05) is 13.7 Å². The summed E-state index contributed by atoms with van der Waals surface area (Å²) in [6.45, 7) is 2.29. The molecule has 0 aliphatic heterocycles. The molecule has 0 atom stereocenters. The van der Waals surface area contributed by atoms with E-state index in [-0.39, 0.29) is 10.6 Å². The number of nitrogens with one attached hydrogen (secondary N) is 1. The van der Waals surface area contributed by atoms with Crippen LogP contribution in [0.5, 0.6) is 5.75 Å². The molecule has 0 unspecified atom stereocenters. The Morgan fingerprint density at radius 2 is 2.12 bits per heavy atom. The number of rotatable bonds is 6. The SMILES string of the molecule is CCCCNS(=O)(=O)c1cc(F)ccc1OC. The Bertz CT molecular complexity index is 474. The fourth-order valence-corrected chi connectivity index (χ4v) is 2.57. The molecule has 0 saturated heterocycles. The standard InChI is InChI=1S/C11H16FNO3S/c1-3-4-7-13-17(14,15)11-8-9(12)5-6-10(11)16-2/h5-6,8,13H,3-4,7H2,1-2H3. The summed E-state index contributed by atoms with van der Waals surface area (Å²) in [5, 5.41) is 0. The molecule has 0 spiro atoms. The summed E-state index contributed by atoms with van der Waals surface area (Å²) >= 11 is 0. The second-order valence-corrected chi connectivity index (χ2v) is 5.28. The van der Waals surface area contributed by atoms with E-state index in [1.165, 1.54) is 13.2 Å². The quantitative estimate of drug-likeness (QED) is 0.796. The normalized spacial score (nSPS) is 11.5. The minimum absolute atomic E-state index is 0.135. The van der Waals surface area contributed by atoms with Gasteiger partial charge in [0.2, 0.25) is 10.0 Å². The van der Waals surface area contributed by atoms with E-state index >= 15 is 0 Å². The number of benzene rings is 1. The van der Waals surface area contributed by atoms with Crippen molar-refractivity contribution in [3.05, 3.63) is 24.0 Å². The lowest BCUT2D eigenvalue weighted by Gasteiger charge is -2.10. The lowest BCUT2D eigenvalue weighted by molar-refractivity contribution is 0.400. The van der Waals surface area contributed by atoms with Crippen LogP contribution >= 0.6 is 0 Å². The van der Waals surface area contributed by atoms with Crippen LogP contribution in [0.1, 0.15) is 19.8 Å². The second kappa shape index (κ2) is 5.97. The average molecular weight is 261 g/mol. The summed E-state index contributed by atoms with van der Waals surface area (Å²) in [6, 6.07) is 3.40. The van der Waals surface area contributed by atoms with Crippen molar-refractivity contribution in [1.29, 1.82) is 0 Å². The summed E-state index contributed by atoms with van der Waals surface area (Å²) in [5.41, 5.74) is 0. The largest absolute Gasteiger partial charge is 0.495 e. The van der Waals surface area contributed by atoms with Crippen LogP contribution in [-0.4, -0.2) is 22.1 Å². The summed E-state index contributed by atoms with van der Waals surface area (Å²) in [4.78, 5) is -0.170. The van der Waals surface area contributed by atoms with Crippen molar-refractivity contribution in [2.24, 2.45) is 0 Å². The van der Waals surface area contributed by atoms with E-state index in [0.717, 1.165) is 25.0 Å². The first kappa shape index (κ1) is 13.9. The Balaban J connectivity index is 3.00. The number of unbranched alkanes of at least 4 members (excludes halogenated alkanes) is 1. The highest BCUT2D eigenvalue weighted by atomic mass is 32.2. The lowest BCUT2D eigenvalue weighted by atomic mass is 10.3. The molecule has 0 aliphatic carbocycles. The number of ether oxygens (including phenoxy) is 1. The predicted molar refractivity (Wildman–Crippen MR) is 63.0 cm³/mol. The van der Waals surface area contributed by atoms with E-state index in [1.807, 2.05) is 6.92 Å². The smallest absolute Gasteiger partial charge is 0.244 e. The topological polar surface area (TPSA) is 55.4 Å². The zero-order valence-electron chi connectivity index (χ0n) is 9.86. The third kappa shape index (κ3) is 3.67. The zero-order valence-corrected chi connectivity index (χ0v) is 10.7. The van der Waals surface area contributed by atoms with E-state index in [1.54, 1.807) is 0 Å². The Hall–Kier alpha value is -1.14. The molecule has 0 saturated carbocycles. The fourth-order valence-electron chi connectivity index (χ4n) is 1.32. The van der Waals surface area contributed by atoms with Crippen molar-refractivity contribution in [2.45, 2.75) is 24.7 Å². The number of sulfonamides is 1. The van der Waals surface area contributed by atoms with Crippen LogP contribution in [0.25, 0.3) is 0 Å². The number of hydrogen-bond acceptors (Lipinski definition) is 3. The van der Waals surface area contributed by atoms with Crippen molar-refractivity contribution in [3.8, 4) is 5.75 Å². The van der Waals surface area contributed by atoms with Gasteiger partial charge in [0.1, 0.15) is 16.5 Å². The first-order valence-electron chi connectivity index (χ1n) is 5.34. The Morgan fingerprint density at radius 1 is 1.41 bits per heavy atom. The molecule has 17 heavy (non-hydrogen) atoms. The molecule has 6 heteroatoms. The maximum Gasteiger partial charge on any atom is 0.244 e.